The molecule has 0 radical (unpaired) electrons. The van der Waals surface area contributed by atoms with Crippen LogP contribution in [0, 0.1) is 0 Å². The summed E-state index contributed by atoms with van der Waals surface area (Å²) >= 11 is 0. The fourth-order valence-corrected chi connectivity index (χ4v) is 5.74. The summed E-state index contributed by atoms with van der Waals surface area (Å²) < 4.78 is 5.87. The maximum atomic E-state index is 12.6. The number of hydrogen-bond donors (Lipinski definition) is 1. The number of esters is 1. The first kappa shape index (κ1) is 42.4. The minimum atomic E-state index is -0.720. The fourth-order valence-electron chi connectivity index (χ4n) is 5.74. The fraction of sp³-hybridized carbons (Fsp3) is 0.850. The van der Waals surface area contributed by atoms with Gasteiger partial charge < -0.3 is 9.84 Å². The molecule has 44 heavy (non-hydrogen) atoms. The van der Waals surface area contributed by atoms with Gasteiger partial charge in [-0.05, 0) is 70.3 Å². The average molecular weight is 619 g/mol. The Morgan fingerprint density at radius 1 is 0.500 bits per heavy atom. The zero-order chi connectivity index (χ0) is 32.2. The standard InChI is InChI=1S/C40H74O4/c1-3-5-7-9-11-13-14-15-16-17-18-19-20-21-22-23-25-27-33-37-40(43)44-38(35-31-28-29-32-36-39(41)42)34-30-26-24-12-10-8-6-4-2/h15-16,30,34,38H,3-14,17-29,31-33,35-37H2,1-2H3,(H,41,42)/b16-15-,34-30-. The van der Waals surface area contributed by atoms with Crippen LogP contribution in [0.4, 0.5) is 0 Å². The third-order valence-electron chi connectivity index (χ3n) is 8.63. The number of carbonyl (C=O) groups is 2. The first-order valence-electron chi connectivity index (χ1n) is 19.3. The Hall–Kier alpha value is -1.58. The van der Waals surface area contributed by atoms with E-state index in [0.717, 1.165) is 51.4 Å². The molecule has 0 aliphatic heterocycles. The third-order valence-corrected chi connectivity index (χ3v) is 8.63. The first-order valence-corrected chi connectivity index (χ1v) is 19.3. The summed E-state index contributed by atoms with van der Waals surface area (Å²) in [4.78, 5) is 23.3. The van der Waals surface area contributed by atoms with Gasteiger partial charge in [-0.3, -0.25) is 9.59 Å². The van der Waals surface area contributed by atoms with Crippen LogP contribution in [-0.2, 0) is 14.3 Å². The molecule has 4 nitrogen and oxygen atoms in total. The Bertz CT molecular complexity index is 668. The van der Waals surface area contributed by atoms with Crippen molar-refractivity contribution < 1.29 is 19.4 Å². The van der Waals surface area contributed by atoms with Gasteiger partial charge >= 0.3 is 11.9 Å². The Labute approximate surface area is 274 Å². The molecule has 4 heteroatoms. The van der Waals surface area contributed by atoms with Crippen LogP contribution in [0.25, 0.3) is 0 Å². The van der Waals surface area contributed by atoms with E-state index in [9.17, 15) is 9.59 Å². The summed E-state index contributed by atoms with van der Waals surface area (Å²) in [5, 5.41) is 8.81. The molecule has 0 spiro atoms. The van der Waals surface area contributed by atoms with E-state index in [0.29, 0.717) is 6.42 Å². The highest BCUT2D eigenvalue weighted by Crippen LogP contribution is 2.16. The highest BCUT2D eigenvalue weighted by molar-refractivity contribution is 5.69. The van der Waals surface area contributed by atoms with Crippen molar-refractivity contribution in [2.24, 2.45) is 0 Å². The molecule has 0 aromatic carbocycles. The molecule has 0 aromatic rings. The normalized spacial score (nSPS) is 12.4. The molecule has 0 saturated carbocycles. The first-order chi connectivity index (χ1) is 21.6. The summed E-state index contributed by atoms with van der Waals surface area (Å²) in [7, 11) is 0. The van der Waals surface area contributed by atoms with Gasteiger partial charge in [0.15, 0.2) is 0 Å². The summed E-state index contributed by atoms with van der Waals surface area (Å²) in [6, 6.07) is 0. The Morgan fingerprint density at radius 3 is 1.36 bits per heavy atom. The lowest BCUT2D eigenvalue weighted by molar-refractivity contribution is -0.147. The SMILES string of the molecule is CCCCCCCC/C=C\CCCCCCCCCCCC(=O)OC(/C=C\CCCCCCCC)CCCCCCC(=O)O. The van der Waals surface area contributed by atoms with Crippen LogP contribution in [-0.4, -0.2) is 23.1 Å². The zero-order valence-corrected chi connectivity index (χ0v) is 29.5. The van der Waals surface area contributed by atoms with Crippen LogP contribution in [0.3, 0.4) is 0 Å². The molecule has 0 bridgehead atoms. The van der Waals surface area contributed by atoms with E-state index in [1.165, 1.54) is 135 Å². The van der Waals surface area contributed by atoms with Crippen molar-refractivity contribution in [1.82, 2.24) is 0 Å². The number of carboxylic acids is 1. The third kappa shape index (κ3) is 34.9. The number of aliphatic carboxylic acids is 1. The summed E-state index contributed by atoms with van der Waals surface area (Å²) in [5.41, 5.74) is 0. The molecule has 0 heterocycles. The second-order valence-electron chi connectivity index (χ2n) is 13.1. The number of carbonyl (C=O) groups excluding carboxylic acids is 1. The molecule has 0 fully saturated rings. The quantitative estimate of drug-likeness (QED) is 0.0436. The van der Waals surface area contributed by atoms with Crippen molar-refractivity contribution in [1.29, 1.82) is 0 Å². The molecule has 1 unspecified atom stereocenters. The van der Waals surface area contributed by atoms with Gasteiger partial charge in [-0.1, -0.05) is 154 Å². The van der Waals surface area contributed by atoms with Gasteiger partial charge in [-0.15, -0.1) is 0 Å². The van der Waals surface area contributed by atoms with E-state index in [1.54, 1.807) is 0 Å². The number of unbranched alkanes of at least 4 members (excludes halogenated alkanes) is 24. The van der Waals surface area contributed by atoms with Gasteiger partial charge in [-0.25, -0.2) is 0 Å². The van der Waals surface area contributed by atoms with Gasteiger partial charge in [0.05, 0.1) is 0 Å². The predicted molar refractivity (Wildman–Crippen MR) is 190 cm³/mol. The maximum Gasteiger partial charge on any atom is 0.306 e. The van der Waals surface area contributed by atoms with Gasteiger partial charge in [0.25, 0.3) is 0 Å². The van der Waals surface area contributed by atoms with Crippen LogP contribution >= 0.6 is 0 Å². The van der Waals surface area contributed by atoms with Gasteiger partial charge in [0.2, 0.25) is 0 Å². The number of carboxylic acid groups (broad SMARTS) is 1. The van der Waals surface area contributed by atoms with Gasteiger partial charge in [0.1, 0.15) is 6.10 Å². The highest BCUT2D eigenvalue weighted by atomic mass is 16.5. The number of ether oxygens (including phenoxy) is 1. The largest absolute Gasteiger partial charge is 0.481 e. The van der Waals surface area contributed by atoms with E-state index < -0.39 is 5.97 Å². The molecule has 0 aliphatic carbocycles. The molecule has 1 atom stereocenters. The van der Waals surface area contributed by atoms with Crippen molar-refractivity contribution in [2.75, 3.05) is 0 Å². The van der Waals surface area contributed by atoms with Crippen molar-refractivity contribution >= 4 is 11.9 Å². The van der Waals surface area contributed by atoms with E-state index in [1.807, 2.05) is 0 Å². The molecular weight excluding hydrogens is 544 g/mol. The van der Waals surface area contributed by atoms with Crippen molar-refractivity contribution in [3.63, 3.8) is 0 Å². The summed E-state index contributed by atoms with van der Waals surface area (Å²) in [6.07, 6.45) is 45.0. The second-order valence-corrected chi connectivity index (χ2v) is 13.1. The molecule has 0 rings (SSSR count). The second kappa shape index (κ2) is 35.9. The predicted octanol–water partition coefficient (Wildman–Crippen LogP) is 13.2. The van der Waals surface area contributed by atoms with Crippen molar-refractivity contribution in [3.05, 3.63) is 24.3 Å². The Kier molecular flexibility index (Phi) is 34.6. The number of hydrogen-bond acceptors (Lipinski definition) is 3. The smallest absolute Gasteiger partial charge is 0.306 e. The minimum absolute atomic E-state index is 0.0638. The van der Waals surface area contributed by atoms with E-state index in [-0.39, 0.29) is 18.5 Å². The van der Waals surface area contributed by atoms with Crippen LogP contribution < -0.4 is 0 Å². The van der Waals surface area contributed by atoms with Crippen LogP contribution in [0.15, 0.2) is 24.3 Å². The maximum absolute atomic E-state index is 12.6. The van der Waals surface area contributed by atoms with Crippen LogP contribution in [0.1, 0.15) is 213 Å². The highest BCUT2D eigenvalue weighted by Gasteiger charge is 2.11. The van der Waals surface area contributed by atoms with E-state index >= 15 is 0 Å². The zero-order valence-electron chi connectivity index (χ0n) is 29.5. The summed E-state index contributed by atoms with van der Waals surface area (Å²) in [5.74, 6) is -0.784. The lowest BCUT2D eigenvalue weighted by atomic mass is 10.0. The van der Waals surface area contributed by atoms with Crippen LogP contribution in [0.2, 0.25) is 0 Å². The van der Waals surface area contributed by atoms with Crippen molar-refractivity contribution in [3.8, 4) is 0 Å². The molecular formula is C40H74O4. The molecule has 258 valence electrons. The Morgan fingerprint density at radius 2 is 0.886 bits per heavy atom. The van der Waals surface area contributed by atoms with Crippen LogP contribution in [0.5, 0.6) is 0 Å². The molecule has 0 aliphatic rings. The van der Waals surface area contributed by atoms with Gasteiger partial charge in [0, 0.05) is 12.8 Å². The molecule has 1 N–H and O–H groups in total. The lowest BCUT2D eigenvalue weighted by Crippen LogP contribution is -2.16. The van der Waals surface area contributed by atoms with E-state index in [2.05, 4.69) is 38.2 Å². The van der Waals surface area contributed by atoms with Gasteiger partial charge in [-0.2, -0.15) is 0 Å². The molecule has 0 amide bonds. The average Bonchev–Trinajstić information content (AvgIpc) is 3.01. The number of allylic oxidation sites excluding steroid dienone is 3. The Balaban J connectivity index is 3.89. The lowest BCUT2D eigenvalue weighted by Gasteiger charge is -2.15. The topological polar surface area (TPSA) is 63.6 Å². The molecule has 0 saturated heterocycles. The monoisotopic (exact) mass is 619 g/mol. The number of rotatable bonds is 35. The van der Waals surface area contributed by atoms with E-state index in [4.69, 9.17) is 9.84 Å². The minimum Gasteiger partial charge on any atom is -0.481 e. The van der Waals surface area contributed by atoms with Crippen molar-refractivity contribution in [2.45, 2.75) is 219 Å². The summed E-state index contributed by atoms with van der Waals surface area (Å²) in [6.45, 7) is 4.52. The molecule has 0 aromatic heterocycles.